The molecule has 2 aromatic rings. The second kappa shape index (κ2) is 8.01. The molecular formula is C24H26N2O2. The summed E-state index contributed by atoms with van der Waals surface area (Å²) < 4.78 is 0. The van der Waals surface area contributed by atoms with E-state index in [4.69, 9.17) is 0 Å². The lowest BCUT2D eigenvalue weighted by Crippen LogP contribution is -2.42. The van der Waals surface area contributed by atoms with Gasteiger partial charge in [-0.2, -0.15) is 0 Å². The van der Waals surface area contributed by atoms with E-state index in [0.717, 1.165) is 28.9 Å². The van der Waals surface area contributed by atoms with Gasteiger partial charge in [0.2, 0.25) is 5.91 Å². The maximum Gasteiger partial charge on any atom is 0.260 e. The maximum absolute atomic E-state index is 13.1. The molecule has 4 nitrogen and oxygen atoms in total. The van der Waals surface area contributed by atoms with Crippen molar-refractivity contribution < 1.29 is 9.59 Å². The Labute approximate surface area is 166 Å². The van der Waals surface area contributed by atoms with E-state index >= 15 is 0 Å². The van der Waals surface area contributed by atoms with Gasteiger partial charge in [-0.3, -0.25) is 14.9 Å². The molecule has 1 saturated carbocycles. The van der Waals surface area contributed by atoms with E-state index in [2.05, 4.69) is 16.3 Å². The van der Waals surface area contributed by atoms with Crippen LogP contribution in [-0.4, -0.2) is 22.8 Å². The third kappa shape index (κ3) is 3.72. The summed E-state index contributed by atoms with van der Waals surface area (Å²) in [6.45, 7) is 2.85. The molecule has 144 valence electrons. The number of benzene rings is 2. The van der Waals surface area contributed by atoms with Crippen molar-refractivity contribution in [3.63, 3.8) is 0 Å². The summed E-state index contributed by atoms with van der Waals surface area (Å²) in [6.07, 6.45) is 4.52. The van der Waals surface area contributed by atoms with Gasteiger partial charge in [0.1, 0.15) is 0 Å². The molecule has 0 unspecified atom stereocenters. The van der Waals surface area contributed by atoms with Crippen LogP contribution in [-0.2, 0) is 22.6 Å². The van der Waals surface area contributed by atoms with Gasteiger partial charge < -0.3 is 4.90 Å². The molecule has 0 spiro atoms. The van der Waals surface area contributed by atoms with Crippen LogP contribution in [0.4, 0.5) is 0 Å². The minimum absolute atomic E-state index is 0.229. The Morgan fingerprint density at radius 1 is 1.04 bits per heavy atom. The van der Waals surface area contributed by atoms with E-state index in [1.807, 2.05) is 55.5 Å². The third-order valence-electron chi connectivity index (χ3n) is 5.90. The Balaban J connectivity index is 1.51. The first kappa shape index (κ1) is 18.5. The molecule has 1 N–H and O–H groups in total. The zero-order chi connectivity index (χ0) is 19.5. The largest absolute Gasteiger partial charge is 0.367 e. The van der Waals surface area contributed by atoms with E-state index in [1.54, 1.807) is 0 Å². The molecule has 0 radical (unpaired) electrons. The third-order valence-corrected chi connectivity index (χ3v) is 5.90. The molecule has 1 heterocycles. The summed E-state index contributed by atoms with van der Waals surface area (Å²) in [5.74, 6) is -0.514. The van der Waals surface area contributed by atoms with Gasteiger partial charge in [0, 0.05) is 24.7 Å². The topological polar surface area (TPSA) is 49.4 Å². The van der Waals surface area contributed by atoms with Gasteiger partial charge in [-0.1, -0.05) is 54.6 Å². The fourth-order valence-electron chi connectivity index (χ4n) is 4.08. The van der Waals surface area contributed by atoms with E-state index in [1.165, 1.54) is 19.3 Å². The minimum atomic E-state index is -0.285. The van der Waals surface area contributed by atoms with Crippen LogP contribution < -0.4 is 5.32 Å². The van der Waals surface area contributed by atoms with Crippen molar-refractivity contribution in [3.8, 4) is 0 Å². The zero-order valence-corrected chi connectivity index (χ0v) is 16.3. The van der Waals surface area contributed by atoms with Crippen LogP contribution in [0.5, 0.6) is 0 Å². The Bertz CT molecular complexity index is 913. The predicted molar refractivity (Wildman–Crippen MR) is 110 cm³/mol. The number of allylic oxidation sites excluding steroid dienone is 1. The second-order valence-electron chi connectivity index (χ2n) is 7.69. The highest BCUT2D eigenvalue weighted by molar-refractivity contribution is 6.24. The van der Waals surface area contributed by atoms with Crippen molar-refractivity contribution in [1.29, 1.82) is 0 Å². The zero-order valence-electron chi connectivity index (χ0n) is 16.3. The molecule has 2 aliphatic rings. The second-order valence-corrected chi connectivity index (χ2v) is 7.69. The molecule has 1 fully saturated rings. The molecule has 1 aliphatic carbocycles. The van der Waals surface area contributed by atoms with Crippen LogP contribution in [0.2, 0.25) is 0 Å². The smallest absolute Gasteiger partial charge is 0.260 e. The van der Waals surface area contributed by atoms with Gasteiger partial charge in [-0.05, 0) is 49.3 Å². The number of hydrogen-bond donors (Lipinski definition) is 1. The van der Waals surface area contributed by atoms with E-state index in [-0.39, 0.29) is 11.8 Å². The van der Waals surface area contributed by atoms with Crippen LogP contribution in [0.15, 0.2) is 60.3 Å². The number of imide groups is 1. The SMILES string of the molecule is CC1=C(C(=O)NC(=O)CCc2ccccc2)c2ccccc2CN1C1CCC1. The van der Waals surface area contributed by atoms with Crippen LogP contribution in [0.3, 0.4) is 0 Å². The molecule has 28 heavy (non-hydrogen) atoms. The lowest BCUT2D eigenvalue weighted by atomic mass is 9.86. The predicted octanol–water partition coefficient (Wildman–Crippen LogP) is 4.06. The normalized spacial score (nSPS) is 16.4. The fraction of sp³-hybridized carbons (Fsp3) is 0.333. The average Bonchev–Trinajstić information content (AvgIpc) is 2.66. The van der Waals surface area contributed by atoms with Crippen LogP contribution in [0.1, 0.15) is 49.3 Å². The highest BCUT2D eigenvalue weighted by Gasteiger charge is 2.33. The van der Waals surface area contributed by atoms with Crippen LogP contribution in [0.25, 0.3) is 5.57 Å². The van der Waals surface area contributed by atoms with Crippen molar-refractivity contribution in [2.45, 2.75) is 51.6 Å². The van der Waals surface area contributed by atoms with Gasteiger partial charge in [0.25, 0.3) is 5.91 Å². The molecule has 1 aliphatic heterocycles. The average molecular weight is 374 g/mol. The summed E-state index contributed by atoms with van der Waals surface area (Å²) in [4.78, 5) is 27.8. The Kier molecular flexibility index (Phi) is 5.29. The first-order valence-corrected chi connectivity index (χ1v) is 10.1. The number of nitrogens with one attached hydrogen (secondary N) is 1. The molecule has 2 aromatic carbocycles. The number of hydrogen-bond acceptors (Lipinski definition) is 3. The lowest BCUT2D eigenvalue weighted by molar-refractivity contribution is -0.127. The molecule has 0 atom stereocenters. The van der Waals surface area contributed by atoms with Crippen LogP contribution >= 0.6 is 0 Å². The van der Waals surface area contributed by atoms with Crippen molar-refractivity contribution in [1.82, 2.24) is 10.2 Å². The van der Waals surface area contributed by atoms with Gasteiger partial charge in [-0.15, -0.1) is 0 Å². The summed E-state index contributed by atoms with van der Waals surface area (Å²) in [5.41, 5.74) is 4.82. The number of amides is 2. The Hall–Kier alpha value is -2.88. The number of aryl methyl sites for hydroxylation is 1. The Morgan fingerprint density at radius 3 is 2.46 bits per heavy atom. The van der Waals surface area contributed by atoms with Gasteiger partial charge in [0.05, 0.1) is 5.57 Å². The van der Waals surface area contributed by atoms with Gasteiger partial charge >= 0.3 is 0 Å². The quantitative estimate of drug-likeness (QED) is 0.859. The van der Waals surface area contributed by atoms with Crippen molar-refractivity contribution in [2.75, 3.05) is 0 Å². The number of fused-ring (bicyclic) bond motifs is 1. The first-order chi connectivity index (χ1) is 13.6. The minimum Gasteiger partial charge on any atom is -0.367 e. The van der Waals surface area contributed by atoms with Crippen molar-refractivity contribution in [2.24, 2.45) is 0 Å². The maximum atomic E-state index is 13.1. The van der Waals surface area contributed by atoms with Crippen molar-refractivity contribution in [3.05, 3.63) is 77.0 Å². The molecule has 0 saturated heterocycles. The first-order valence-electron chi connectivity index (χ1n) is 10.1. The highest BCUT2D eigenvalue weighted by Crippen LogP contribution is 2.37. The summed E-state index contributed by atoms with van der Waals surface area (Å²) >= 11 is 0. The number of nitrogens with zero attached hydrogens (tertiary/aromatic N) is 1. The molecule has 0 bridgehead atoms. The number of rotatable bonds is 5. The standard InChI is InChI=1S/C24H26N2O2/c1-17-23(24(28)25-22(27)15-14-18-8-3-2-4-9-18)21-13-6-5-10-19(21)16-26(17)20-11-7-12-20/h2-6,8-10,13,20H,7,11-12,14-16H2,1H3,(H,25,27,28). The molecular weight excluding hydrogens is 348 g/mol. The summed E-state index contributed by atoms with van der Waals surface area (Å²) in [5, 5.41) is 2.62. The molecule has 4 rings (SSSR count). The fourth-order valence-corrected chi connectivity index (χ4v) is 4.08. The summed E-state index contributed by atoms with van der Waals surface area (Å²) in [7, 11) is 0. The molecule has 4 heteroatoms. The molecule has 0 aromatic heterocycles. The lowest BCUT2D eigenvalue weighted by Gasteiger charge is -2.43. The van der Waals surface area contributed by atoms with E-state index in [0.29, 0.717) is 24.5 Å². The summed E-state index contributed by atoms with van der Waals surface area (Å²) in [6, 6.07) is 18.4. The highest BCUT2D eigenvalue weighted by atomic mass is 16.2. The van der Waals surface area contributed by atoms with E-state index < -0.39 is 0 Å². The van der Waals surface area contributed by atoms with Crippen LogP contribution in [0, 0.1) is 0 Å². The van der Waals surface area contributed by atoms with Gasteiger partial charge in [0.15, 0.2) is 0 Å². The molecule has 2 amide bonds. The van der Waals surface area contributed by atoms with E-state index in [9.17, 15) is 9.59 Å². The number of carbonyl (C=O) groups is 2. The Morgan fingerprint density at radius 2 is 1.75 bits per heavy atom. The number of carbonyl (C=O) groups excluding carboxylic acids is 2. The monoisotopic (exact) mass is 374 g/mol. The van der Waals surface area contributed by atoms with Gasteiger partial charge in [-0.25, -0.2) is 0 Å². The van der Waals surface area contributed by atoms with Crippen molar-refractivity contribution >= 4 is 17.4 Å².